The maximum absolute atomic E-state index is 2.69. The molecule has 0 heterocycles. The third-order valence-electron chi connectivity index (χ3n) is 17.3. The molecule has 0 aliphatic heterocycles. The highest BCUT2D eigenvalue weighted by Gasteiger charge is 2.61. The van der Waals surface area contributed by atoms with Crippen molar-refractivity contribution in [1.29, 1.82) is 0 Å². The van der Waals surface area contributed by atoms with Gasteiger partial charge in [0, 0.05) is 27.8 Å². The summed E-state index contributed by atoms with van der Waals surface area (Å²) in [5.74, 6) is 3.20. The monoisotopic (exact) mass is 848 g/mol. The molecular weight excluding hydrogens is 783 g/mol. The molecule has 1 spiro atoms. The number of fused-ring (bicyclic) bond motifs is 6. The molecule has 7 aromatic carbocycles. The minimum Gasteiger partial charge on any atom is -0.310 e. The Morgan fingerprint density at radius 1 is 0.431 bits per heavy atom. The van der Waals surface area contributed by atoms with E-state index < -0.39 is 0 Å². The lowest BCUT2D eigenvalue weighted by atomic mass is 9.43. The van der Waals surface area contributed by atoms with Gasteiger partial charge in [-0.1, -0.05) is 165 Å². The lowest BCUT2D eigenvalue weighted by Gasteiger charge is -2.61. The highest BCUT2D eigenvalue weighted by atomic mass is 15.1. The maximum Gasteiger partial charge on any atom is 0.0543 e. The zero-order valence-corrected chi connectivity index (χ0v) is 40.1. The van der Waals surface area contributed by atoms with Gasteiger partial charge in [-0.15, -0.1) is 0 Å². The van der Waals surface area contributed by atoms with Crippen molar-refractivity contribution in [2.24, 2.45) is 23.7 Å². The van der Waals surface area contributed by atoms with E-state index in [-0.39, 0.29) is 21.7 Å². The number of aryl methyl sites for hydroxylation is 1. The molecule has 4 fully saturated rings. The molecule has 4 saturated carbocycles. The Bertz CT molecular complexity index is 3020. The molecule has 1 nitrogen and oxygen atoms in total. The van der Waals surface area contributed by atoms with Crippen molar-refractivity contribution < 1.29 is 0 Å². The van der Waals surface area contributed by atoms with Crippen molar-refractivity contribution in [3.63, 3.8) is 0 Å². The van der Waals surface area contributed by atoms with E-state index in [4.69, 9.17) is 0 Å². The average molecular weight is 848 g/mol. The van der Waals surface area contributed by atoms with Crippen molar-refractivity contribution in [2.45, 2.75) is 116 Å². The van der Waals surface area contributed by atoms with Gasteiger partial charge in [0.1, 0.15) is 0 Å². The molecular formula is C64H65N. The van der Waals surface area contributed by atoms with Gasteiger partial charge in [-0.05, 0) is 188 Å². The van der Waals surface area contributed by atoms with E-state index in [1.54, 1.807) is 11.1 Å². The van der Waals surface area contributed by atoms with Gasteiger partial charge >= 0.3 is 0 Å². The van der Waals surface area contributed by atoms with Crippen LogP contribution in [0.5, 0.6) is 0 Å². The molecule has 6 aliphatic carbocycles. The second-order valence-corrected chi connectivity index (χ2v) is 23.5. The van der Waals surface area contributed by atoms with Crippen LogP contribution in [0.15, 0.2) is 146 Å². The first-order valence-electron chi connectivity index (χ1n) is 24.8. The van der Waals surface area contributed by atoms with Crippen LogP contribution in [0.4, 0.5) is 17.1 Å². The van der Waals surface area contributed by atoms with Gasteiger partial charge in [-0.3, -0.25) is 0 Å². The van der Waals surface area contributed by atoms with Crippen LogP contribution in [-0.4, -0.2) is 0 Å². The number of nitrogens with zero attached hydrogens (tertiary/aromatic N) is 1. The Labute approximate surface area is 389 Å². The van der Waals surface area contributed by atoms with Crippen molar-refractivity contribution in [2.75, 3.05) is 4.90 Å². The highest BCUT2D eigenvalue weighted by Crippen LogP contribution is 2.70. The van der Waals surface area contributed by atoms with Crippen LogP contribution in [0.25, 0.3) is 44.5 Å². The molecule has 0 unspecified atom stereocenters. The van der Waals surface area contributed by atoms with Crippen LogP contribution in [0.3, 0.4) is 0 Å². The van der Waals surface area contributed by atoms with Gasteiger partial charge < -0.3 is 4.90 Å². The summed E-state index contributed by atoms with van der Waals surface area (Å²) < 4.78 is 0. The quantitative estimate of drug-likeness (QED) is 0.167. The van der Waals surface area contributed by atoms with Crippen LogP contribution >= 0.6 is 0 Å². The van der Waals surface area contributed by atoms with Gasteiger partial charge in [0.2, 0.25) is 0 Å². The first-order chi connectivity index (χ1) is 31.1. The molecule has 1 heteroatoms. The van der Waals surface area contributed by atoms with E-state index in [9.17, 15) is 0 Å². The first-order valence-corrected chi connectivity index (χ1v) is 24.8. The van der Waals surface area contributed by atoms with Crippen LogP contribution < -0.4 is 4.90 Å². The van der Waals surface area contributed by atoms with Gasteiger partial charge in [0.25, 0.3) is 0 Å². The number of anilines is 3. The first kappa shape index (κ1) is 40.8. The number of hydrogen-bond acceptors (Lipinski definition) is 1. The Morgan fingerprint density at radius 3 is 1.62 bits per heavy atom. The summed E-state index contributed by atoms with van der Waals surface area (Å²) in [7, 11) is 0. The largest absolute Gasteiger partial charge is 0.310 e. The molecule has 0 saturated heterocycles. The predicted octanol–water partition coefficient (Wildman–Crippen LogP) is 17.4. The molecule has 0 atom stereocenters. The molecule has 13 rings (SSSR count). The van der Waals surface area contributed by atoms with Crippen molar-refractivity contribution in [3.8, 4) is 44.5 Å². The molecule has 6 aliphatic rings. The van der Waals surface area contributed by atoms with E-state index in [2.05, 4.69) is 213 Å². The van der Waals surface area contributed by atoms with E-state index in [0.717, 1.165) is 11.8 Å². The Hall–Kier alpha value is -5.66. The van der Waals surface area contributed by atoms with Crippen LogP contribution in [0, 0.1) is 30.6 Å². The average Bonchev–Trinajstić information content (AvgIpc) is 3.70. The molecule has 0 radical (unpaired) electrons. The zero-order chi connectivity index (χ0) is 44.8. The van der Waals surface area contributed by atoms with Crippen LogP contribution in [0.2, 0.25) is 0 Å². The minimum absolute atomic E-state index is 0.00864. The second-order valence-electron chi connectivity index (χ2n) is 23.5. The van der Waals surface area contributed by atoms with Crippen molar-refractivity contribution in [3.05, 3.63) is 185 Å². The Balaban J connectivity index is 1.12. The van der Waals surface area contributed by atoms with E-state index >= 15 is 0 Å². The molecule has 0 aromatic heterocycles. The third-order valence-corrected chi connectivity index (χ3v) is 17.3. The summed E-state index contributed by atoms with van der Waals surface area (Å²) in [6.45, 7) is 21.1. The Kier molecular flexibility index (Phi) is 8.90. The zero-order valence-electron chi connectivity index (χ0n) is 40.1. The summed E-state index contributed by atoms with van der Waals surface area (Å²) in [6.07, 6.45) is 6.96. The SMILES string of the molecule is Cc1cc(N(c2ccc3c(c2)C(C)(C)c2ccccc2-3)c2ccc3c(c2)C2(c4ccccc4-3)C3CC4CC(C3)CC2C4)c(-c2cccc(C(C)(C)C)c2)cc1-c1ccc(C(C)(C)C)cc1. The second kappa shape index (κ2) is 14.2. The standard InChI is InChI=1S/C64H65N/c1-39-29-60(55(43-15-14-16-45(35-43)62(5,6)7)38-54(39)42-21-23-44(24-22-42)61(2,3)4)65(48-25-27-52-50-17-10-12-19-56(50)63(8,9)58(52)36-48)49-26-28-53-51-18-11-13-20-57(51)64(59(53)37-49)46-31-40-30-41(33-46)34-47(64)32-40/h10-29,35-38,40-41,46-47H,30-34H2,1-9H3. The molecule has 0 N–H and O–H groups in total. The number of hydrogen-bond donors (Lipinski definition) is 0. The fraction of sp³-hybridized carbons (Fsp3) is 0.344. The lowest BCUT2D eigenvalue weighted by molar-refractivity contribution is -0.0399. The lowest BCUT2D eigenvalue weighted by Crippen LogP contribution is -2.55. The van der Waals surface area contributed by atoms with Gasteiger partial charge in [0.15, 0.2) is 0 Å². The third kappa shape index (κ3) is 6.09. The maximum atomic E-state index is 2.69. The van der Waals surface area contributed by atoms with Gasteiger partial charge in [0.05, 0.1) is 5.69 Å². The summed E-state index contributed by atoms with van der Waals surface area (Å²) in [5.41, 5.74) is 24.5. The summed E-state index contributed by atoms with van der Waals surface area (Å²) in [5, 5.41) is 0. The van der Waals surface area contributed by atoms with E-state index in [1.807, 2.05) is 0 Å². The molecule has 65 heavy (non-hydrogen) atoms. The summed E-state index contributed by atoms with van der Waals surface area (Å²) >= 11 is 0. The van der Waals surface area contributed by atoms with Crippen molar-refractivity contribution in [1.82, 2.24) is 0 Å². The van der Waals surface area contributed by atoms with E-state index in [1.165, 1.54) is 121 Å². The number of rotatable bonds is 5. The summed E-state index contributed by atoms with van der Waals surface area (Å²) in [6, 6.07) is 57.5. The van der Waals surface area contributed by atoms with Gasteiger partial charge in [-0.25, -0.2) is 0 Å². The van der Waals surface area contributed by atoms with Crippen LogP contribution in [0.1, 0.15) is 126 Å². The number of benzene rings is 7. The van der Waals surface area contributed by atoms with E-state index in [0.29, 0.717) is 11.8 Å². The van der Waals surface area contributed by atoms with Crippen LogP contribution in [-0.2, 0) is 21.7 Å². The predicted molar refractivity (Wildman–Crippen MR) is 275 cm³/mol. The smallest absolute Gasteiger partial charge is 0.0543 e. The molecule has 7 aromatic rings. The summed E-state index contributed by atoms with van der Waals surface area (Å²) in [4.78, 5) is 2.66. The van der Waals surface area contributed by atoms with Gasteiger partial charge in [-0.2, -0.15) is 0 Å². The molecule has 0 amide bonds. The normalized spacial score (nSPS) is 23.0. The van der Waals surface area contributed by atoms with Crippen molar-refractivity contribution >= 4 is 17.1 Å². The molecule has 4 bridgehead atoms. The molecule has 326 valence electrons. The fourth-order valence-electron chi connectivity index (χ4n) is 14.3. The Morgan fingerprint density at radius 2 is 0.985 bits per heavy atom. The fourth-order valence-corrected chi connectivity index (χ4v) is 14.3. The topological polar surface area (TPSA) is 3.24 Å². The highest BCUT2D eigenvalue weighted by molar-refractivity contribution is 5.95. The minimum atomic E-state index is -0.125.